The lowest BCUT2D eigenvalue weighted by Crippen LogP contribution is -2.48. The molecule has 2 atom stereocenters. The van der Waals surface area contributed by atoms with Gasteiger partial charge in [-0.2, -0.15) is 0 Å². The van der Waals surface area contributed by atoms with Gasteiger partial charge < -0.3 is 5.32 Å². The van der Waals surface area contributed by atoms with Gasteiger partial charge in [0.1, 0.15) is 0 Å². The van der Waals surface area contributed by atoms with E-state index in [4.69, 9.17) is 0 Å². The second-order valence-electron chi connectivity index (χ2n) is 4.69. The molecule has 0 aliphatic carbocycles. The summed E-state index contributed by atoms with van der Waals surface area (Å²) in [6.45, 7) is 5.95. The fraction of sp³-hybridized carbons (Fsp3) is 0.538. The lowest BCUT2D eigenvalue weighted by molar-refractivity contribution is -0.121. The molecule has 19 heavy (non-hydrogen) atoms. The van der Waals surface area contributed by atoms with Crippen LogP contribution in [0.5, 0.6) is 0 Å². The summed E-state index contributed by atoms with van der Waals surface area (Å²) in [5, 5.41) is 9.91. The summed E-state index contributed by atoms with van der Waals surface area (Å²) in [5.41, 5.74) is 0. The molecule has 6 heteroatoms. The van der Waals surface area contributed by atoms with Crippen LogP contribution in [0.25, 0.3) is 0 Å². The van der Waals surface area contributed by atoms with E-state index in [1.165, 1.54) is 11.9 Å². The van der Waals surface area contributed by atoms with Crippen molar-refractivity contribution in [3.63, 3.8) is 0 Å². The molecule has 106 valence electrons. The minimum Gasteiger partial charge on any atom is -0.341 e. The highest BCUT2D eigenvalue weighted by molar-refractivity contribution is 7.10. The van der Waals surface area contributed by atoms with Crippen molar-refractivity contribution in [2.75, 3.05) is 7.05 Å². The Balaban J connectivity index is 2.64. The number of urea groups is 1. The molecule has 2 unspecified atom stereocenters. The van der Waals surface area contributed by atoms with E-state index < -0.39 is 12.1 Å². The zero-order valence-corrected chi connectivity index (χ0v) is 12.5. The molecule has 0 fully saturated rings. The number of thiophene rings is 1. The molecule has 0 spiro atoms. The van der Waals surface area contributed by atoms with Gasteiger partial charge in [-0.15, -0.1) is 11.3 Å². The van der Waals surface area contributed by atoms with Gasteiger partial charge >= 0.3 is 6.03 Å². The van der Waals surface area contributed by atoms with Crippen molar-refractivity contribution in [2.24, 2.45) is 5.92 Å². The second-order valence-corrected chi connectivity index (χ2v) is 5.67. The third-order valence-corrected chi connectivity index (χ3v) is 3.76. The van der Waals surface area contributed by atoms with Crippen molar-refractivity contribution >= 4 is 23.3 Å². The Kier molecular flexibility index (Phi) is 5.98. The van der Waals surface area contributed by atoms with Crippen LogP contribution in [-0.4, -0.2) is 25.0 Å². The Bertz CT molecular complexity index is 418. The topological polar surface area (TPSA) is 70.2 Å². The molecule has 5 nitrogen and oxygen atoms in total. The van der Waals surface area contributed by atoms with Crippen LogP contribution in [0.4, 0.5) is 4.79 Å². The summed E-state index contributed by atoms with van der Waals surface area (Å²) < 4.78 is 0. The monoisotopic (exact) mass is 283 g/mol. The fourth-order valence-electron chi connectivity index (χ4n) is 1.70. The predicted molar refractivity (Wildman–Crippen MR) is 77.1 cm³/mol. The summed E-state index contributed by atoms with van der Waals surface area (Å²) in [6, 6.07) is 3.21. The summed E-state index contributed by atoms with van der Waals surface area (Å²) >= 11 is 1.66. The molecule has 3 N–H and O–H groups in total. The van der Waals surface area contributed by atoms with Gasteiger partial charge in [-0.25, -0.2) is 4.79 Å². The zero-order chi connectivity index (χ0) is 14.4. The maximum atomic E-state index is 11.8. The lowest BCUT2D eigenvalue weighted by atomic mass is 10.0. The summed E-state index contributed by atoms with van der Waals surface area (Å²) in [5.74, 6) is 0.0236. The van der Waals surface area contributed by atoms with E-state index in [-0.39, 0.29) is 11.9 Å². The molecule has 1 aromatic rings. The smallest absolute Gasteiger partial charge is 0.321 e. The molecular formula is C13H21N3O2S. The van der Waals surface area contributed by atoms with Crippen molar-refractivity contribution in [3.05, 3.63) is 22.4 Å². The molecule has 3 amide bonds. The first-order valence-corrected chi connectivity index (χ1v) is 7.15. The van der Waals surface area contributed by atoms with Crippen LogP contribution in [0, 0.1) is 5.92 Å². The first-order valence-electron chi connectivity index (χ1n) is 6.27. The molecule has 0 aliphatic heterocycles. The number of hydrogen-bond donors (Lipinski definition) is 3. The van der Waals surface area contributed by atoms with Gasteiger partial charge in [0.25, 0.3) is 0 Å². The Hall–Kier alpha value is -1.40. The Morgan fingerprint density at radius 1 is 1.26 bits per heavy atom. The predicted octanol–water partition coefficient (Wildman–Crippen LogP) is 1.88. The third-order valence-electron chi connectivity index (χ3n) is 2.80. The SMILES string of the molecule is CNC(=O)NC(=O)C(C)NC(c1cccs1)C(C)C. The Morgan fingerprint density at radius 2 is 1.95 bits per heavy atom. The zero-order valence-electron chi connectivity index (χ0n) is 11.7. The first kappa shape index (κ1) is 15.7. The third kappa shape index (κ3) is 4.65. The lowest BCUT2D eigenvalue weighted by Gasteiger charge is -2.25. The van der Waals surface area contributed by atoms with Crippen molar-refractivity contribution < 1.29 is 9.59 Å². The van der Waals surface area contributed by atoms with E-state index in [0.29, 0.717) is 5.92 Å². The summed E-state index contributed by atoms with van der Waals surface area (Å²) in [6.07, 6.45) is 0. The average molecular weight is 283 g/mol. The van der Waals surface area contributed by atoms with E-state index in [1.807, 2.05) is 17.5 Å². The molecule has 0 saturated heterocycles. The minimum absolute atomic E-state index is 0.102. The molecular weight excluding hydrogens is 262 g/mol. The number of hydrogen-bond acceptors (Lipinski definition) is 4. The van der Waals surface area contributed by atoms with Gasteiger partial charge in [-0.1, -0.05) is 19.9 Å². The highest BCUT2D eigenvalue weighted by Gasteiger charge is 2.23. The van der Waals surface area contributed by atoms with Crippen LogP contribution in [-0.2, 0) is 4.79 Å². The maximum Gasteiger partial charge on any atom is 0.321 e. The summed E-state index contributed by atoms with van der Waals surface area (Å²) in [4.78, 5) is 24.1. The number of imide groups is 1. The van der Waals surface area contributed by atoms with Crippen LogP contribution in [0.2, 0.25) is 0 Å². The molecule has 0 bridgehead atoms. The van der Waals surface area contributed by atoms with Gasteiger partial charge in [0.2, 0.25) is 5.91 Å². The van der Waals surface area contributed by atoms with Crippen LogP contribution in [0.15, 0.2) is 17.5 Å². The first-order chi connectivity index (χ1) is 8.95. The molecule has 0 radical (unpaired) electrons. The molecule has 0 aromatic carbocycles. The van der Waals surface area contributed by atoms with E-state index in [9.17, 15) is 9.59 Å². The molecule has 0 saturated carbocycles. The molecule has 0 aliphatic rings. The van der Waals surface area contributed by atoms with Gasteiger partial charge in [0.15, 0.2) is 0 Å². The normalized spacial score (nSPS) is 13.9. The second kappa shape index (κ2) is 7.25. The van der Waals surface area contributed by atoms with Crippen molar-refractivity contribution in [2.45, 2.75) is 32.9 Å². The molecule has 1 rings (SSSR count). The van der Waals surface area contributed by atoms with Crippen LogP contribution >= 0.6 is 11.3 Å². The van der Waals surface area contributed by atoms with Gasteiger partial charge in [-0.3, -0.25) is 15.4 Å². The number of carbonyl (C=O) groups excluding carboxylic acids is 2. The number of nitrogens with one attached hydrogen (secondary N) is 3. The van der Waals surface area contributed by atoms with Gasteiger partial charge in [0, 0.05) is 18.0 Å². The average Bonchev–Trinajstić information content (AvgIpc) is 2.88. The van der Waals surface area contributed by atoms with E-state index in [0.717, 1.165) is 0 Å². The quantitative estimate of drug-likeness (QED) is 0.772. The van der Waals surface area contributed by atoms with E-state index >= 15 is 0 Å². The Morgan fingerprint density at radius 3 is 2.42 bits per heavy atom. The van der Waals surface area contributed by atoms with Gasteiger partial charge in [0.05, 0.1) is 6.04 Å². The van der Waals surface area contributed by atoms with Gasteiger partial charge in [-0.05, 0) is 24.3 Å². The summed E-state index contributed by atoms with van der Waals surface area (Å²) in [7, 11) is 1.48. The Labute approximate surface area is 117 Å². The van der Waals surface area contributed by atoms with Crippen LogP contribution in [0.3, 0.4) is 0 Å². The minimum atomic E-state index is -0.490. The largest absolute Gasteiger partial charge is 0.341 e. The van der Waals surface area contributed by atoms with E-state index in [1.54, 1.807) is 18.3 Å². The highest BCUT2D eigenvalue weighted by Crippen LogP contribution is 2.26. The van der Waals surface area contributed by atoms with Crippen LogP contribution in [0.1, 0.15) is 31.7 Å². The van der Waals surface area contributed by atoms with Crippen LogP contribution < -0.4 is 16.0 Å². The molecule has 1 aromatic heterocycles. The number of amides is 3. The fourth-order valence-corrected chi connectivity index (χ4v) is 2.66. The van der Waals surface area contributed by atoms with E-state index in [2.05, 4.69) is 29.8 Å². The number of carbonyl (C=O) groups is 2. The number of rotatable bonds is 5. The van der Waals surface area contributed by atoms with Crippen molar-refractivity contribution in [3.8, 4) is 0 Å². The van der Waals surface area contributed by atoms with Crippen molar-refractivity contribution in [1.29, 1.82) is 0 Å². The molecule has 1 heterocycles. The van der Waals surface area contributed by atoms with Crippen molar-refractivity contribution in [1.82, 2.24) is 16.0 Å². The highest BCUT2D eigenvalue weighted by atomic mass is 32.1. The maximum absolute atomic E-state index is 11.8. The standard InChI is InChI=1S/C13H21N3O2S/c1-8(2)11(10-6-5-7-19-10)15-9(3)12(17)16-13(18)14-4/h5-9,11,15H,1-4H3,(H2,14,16,17,18).